The molecule has 3 rings (SSSR count). The van der Waals surface area contributed by atoms with Gasteiger partial charge in [-0.05, 0) is 31.5 Å². The fourth-order valence-electron chi connectivity index (χ4n) is 2.75. The Bertz CT molecular complexity index is 840. The molecule has 0 fully saturated rings. The zero-order valence-corrected chi connectivity index (χ0v) is 14.7. The molecule has 24 heavy (non-hydrogen) atoms. The van der Waals surface area contributed by atoms with Gasteiger partial charge in [0.05, 0.1) is 17.1 Å². The molecule has 4 nitrogen and oxygen atoms in total. The molecule has 0 atom stereocenters. The molecule has 0 unspecified atom stereocenters. The average Bonchev–Trinajstić information content (AvgIpc) is 2.58. The van der Waals surface area contributed by atoms with Crippen LogP contribution in [-0.4, -0.2) is 26.5 Å². The van der Waals surface area contributed by atoms with Gasteiger partial charge in [-0.3, -0.25) is 0 Å². The number of benzene rings is 2. The molecule has 0 aromatic heterocycles. The molecule has 0 spiro atoms. The first-order valence-corrected chi connectivity index (χ1v) is 9.41. The lowest BCUT2D eigenvalue weighted by molar-refractivity contribution is 0.143. The van der Waals surface area contributed by atoms with E-state index in [0.29, 0.717) is 25.4 Å². The summed E-state index contributed by atoms with van der Waals surface area (Å²) in [6.45, 7) is 5.45. The van der Waals surface area contributed by atoms with Crippen LogP contribution in [0.25, 0.3) is 0 Å². The summed E-state index contributed by atoms with van der Waals surface area (Å²) in [6, 6.07) is 16.9. The molecule has 2 aromatic rings. The zero-order valence-electron chi connectivity index (χ0n) is 13.9. The van der Waals surface area contributed by atoms with Gasteiger partial charge in [0, 0.05) is 6.54 Å². The van der Waals surface area contributed by atoms with E-state index < -0.39 is 9.84 Å². The summed E-state index contributed by atoms with van der Waals surface area (Å²) in [5, 5.41) is 0.0635. The van der Waals surface area contributed by atoms with E-state index in [9.17, 15) is 8.42 Å². The molecule has 0 N–H and O–H groups in total. The number of ether oxygens (including phenoxy) is 1. The molecular formula is C19H21NO3S. The van der Waals surface area contributed by atoms with Crippen LogP contribution < -0.4 is 0 Å². The Morgan fingerprint density at radius 2 is 1.67 bits per heavy atom. The topological polar surface area (TPSA) is 46.6 Å². The lowest BCUT2D eigenvalue weighted by Gasteiger charge is -2.31. The van der Waals surface area contributed by atoms with Gasteiger partial charge < -0.3 is 9.64 Å². The molecular weight excluding hydrogens is 322 g/mol. The summed E-state index contributed by atoms with van der Waals surface area (Å²) in [6.07, 6.45) is 0. The van der Waals surface area contributed by atoms with Crippen LogP contribution in [-0.2, 0) is 21.1 Å². The molecule has 0 bridgehead atoms. The van der Waals surface area contributed by atoms with Crippen molar-refractivity contribution >= 4 is 9.84 Å². The lowest BCUT2D eigenvalue weighted by Crippen LogP contribution is -2.33. The Morgan fingerprint density at radius 3 is 2.33 bits per heavy atom. The van der Waals surface area contributed by atoms with Crippen LogP contribution in [0.4, 0.5) is 0 Å². The highest BCUT2D eigenvalue weighted by atomic mass is 32.2. The second-order valence-electron chi connectivity index (χ2n) is 5.94. The first kappa shape index (κ1) is 16.6. The quantitative estimate of drug-likeness (QED) is 0.852. The molecule has 0 saturated heterocycles. The first-order valence-electron chi connectivity index (χ1n) is 7.93. The van der Waals surface area contributed by atoms with Gasteiger partial charge in [0.2, 0.25) is 14.9 Å². The molecule has 126 valence electrons. The normalized spacial score (nSPS) is 15.3. The molecule has 0 amide bonds. The van der Waals surface area contributed by atoms with Crippen LogP contribution in [0.1, 0.15) is 18.1 Å². The van der Waals surface area contributed by atoms with Crippen LogP contribution in [0.15, 0.2) is 70.3 Å². The summed E-state index contributed by atoms with van der Waals surface area (Å²) < 4.78 is 31.4. The van der Waals surface area contributed by atoms with Crippen LogP contribution in [0.5, 0.6) is 0 Å². The fraction of sp³-hybridized carbons (Fsp3) is 0.263. The molecule has 5 heteroatoms. The predicted octanol–water partition coefficient (Wildman–Crippen LogP) is 3.49. The highest BCUT2D eigenvalue weighted by molar-refractivity contribution is 7.95. The fourth-order valence-corrected chi connectivity index (χ4v) is 4.21. The maximum Gasteiger partial charge on any atom is 0.240 e. The minimum atomic E-state index is -3.64. The summed E-state index contributed by atoms with van der Waals surface area (Å²) in [4.78, 5) is 2.32. The Kier molecular flexibility index (Phi) is 4.62. The number of allylic oxidation sites excluding steroid dienone is 1. The van der Waals surface area contributed by atoms with Crippen LogP contribution in [0, 0.1) is 6.92 Å². The van der Waals surface area contributed by atoms with Crippen molar-refractivity contribution in [2.45, 2.75) is 25.3 Å². The Balaban J connectivity index is 1.93. The van der Waals surface area contributed by atoms with E-state index in [0.717, 1.165) is 11.1 Å². The van der Waals surface area contributed by atoms with E-state index in [1.54, 1.807) is 24.3 Å². The van der Waals surface area contributed by atoms with Crippen molar-refractivity contribution < 1.29 is 13.2 Å². The SMILES string of the molecule is CC1=C(S(=O)(=O)c2ccc(C)cc2)OCCN1Cc1ccccc1. The maximum absolute atomic E-state index is 12.9. The van der Waals surface area contributed by atoms with Crippen molar-refractivity contribution in [3.05, 3.63) is 76.5 Å². The highest BCUT2D eigenvalue weighted by Crippen LogP contribution is 2.28. The van der Waals surface area contributed by atoms with Crippen molar-refractivity contribution in [1.82, 2.24) is 4.90 Å². The summed E-state index contributed by atoms with van der Waals surface area (Å²) in [5.74, 6) is 0. The predicted molar refractivity (Wildman–Crippen MR) is 93.9 cm³/mol. The van der Waals surface area contributed by atoms with Crippen LogP contribution in [0.2, 0.25) is 0 Å². The van der Waals surface area contributed by atoms with Gasteiger partial charge in [-0.25, -0.2) is 8.42 Å². The van der Waals surface area contributed by atoms with E-state index in [1.165, 1.54) is 0 Å². The standard InChI is InChI=1S/C19H21NO3S/c1-15-8-10-18(11-9-15)24(21,22)19-16(2)20(12-13-23-19)14-17-6-4-3-5-7-17/h3-11H,12-14H2,1-2H3. The van der Waals surface area contributed by atoms with Gasteiger partial charge >= 0.3 is 0 Å². The van der Waals surface area contributed by atoms with Crippen molar-refractivity contribution in [2.24, 2.45) is 0 Å². The average molecular weight is 343 g/mol. The minimum absolute atomic E-state index is 0.0635. The van der Waals surface area contributed by atoms with Gasteiger partial charge in [0.25, 0.3) is 0 Å². The van der Waals surface area contributed by atoms with Crippen LogP contribution in [0.3, 0.4) is 0 Å². The Labute approximate surface area is 143 Å². The number of hydrogen-bond donors (Lipinski definition) is 0. The number of sulfone groups is 1. The summed E-state index contributed by atoms with van der Waals surface area (Å²) >= 11 is 0. The second-order valence-corrected chi connectivity index (χ2v) is 7.79. The largest absolute Gasteiger partial charge is 0.480 e. The van der Waals surface area contributed by atoms with Crippen molar-refractivity contribution in [2.75, 3.05) is 13.2 Å². The third kappa shape index (κ3) is 3.31. The number of hydrogen-bond acceptors (Lipinski definition) is 4. The Morgan fingerprint density at radius 1 is 1.00 bits per heavy atom. The monoisotopic (exact) mass is 343 g/mol. The Hall–Kier alpha value is -2.27. The smallest absolute Gasteiger partial charge is 0.240 e. The van der Waals surface area contributed by atoms with E-state index in [2.05, 4.69) is 4.90 Å². The van der Waals surface area contributed by atoms with E-state index in [4.69, 9.17) is 4.74 Å². The van der Waals surface area contributed by atoms with Gasteiger partial charge in [0.15, 0.2) is 0 Å². The van der Waals surface area contributed by atoms with E-state index >= 15 is 0 Å². The third-order valence-corrected chi connectivity index (χ3v) is 5.95. The molecule has 2 aromatic carbocycles. The van der Waals surface area contributed by atoms with Gasteiger partial charge in [-0.15, -0.1) is 0 Å². The lowest BCUT2D eigenvalue weighted by atomic mass is 10.2. The summed E-state index contributed by atoms with van der Waals surface area (Å²) in [7, 11) is -3.64. The number of rotatable bonds is 4. The van der Waals surface area contributed by atoms with Crippen molar-refractivity contribution in [1.29, 1.82) is 0 Å². The van der Waals surface area contributed by atoms with Crippen LogP contribution >= 0.6 is 0 Å². The van der Waals surface area contributed by atoms with Gasteiger partial charge in [-0.2, -0.15) is 0 Å². The third-order valence-electron chi connectivity index (χ3n) is 4.16. The minimum Gasteiger partial charge on any atom is -0.480 e. The zero-order chi connectivity index (χ0) is 17.2. The van der Waals surface area contributed by atoms with E-state index in [1.807, 2.05) is 44.2 Å². The molecule has 0 aliphatic carbocycles. The molecule has 0 saturated carbocycles. The van der Waals surface area contributed by atoms with Gasteiger partial charge in [0.1, 0.15) is 6.61 Å². The number of aryl methyl sites for hydroxylation is 1. The second kappa shape index (κ2) is 6.69. The molecule has 1 aliphatic rings. The molecule has 1 aliphatic heterocycles. The first-order chi connectivity index (χ1) is 11.5. The molecule has 1 heterocycles. The molecule has 0 radical (unpaired) electrons. The summed E-state index contributed by atoms with van der Waals surface area (Å²) in [5.41, 5.74) is 2.83. The highest BCUT2D eigenvalue weighted by Gasteiger charge is 2.30. The maximum atomic E-state index is 12.9. The van der Waals surface area contributed by atoms with Gasteiger partial charge in [-0.1, -0.05) is 48.0 Å². The number of nitrogens with zero attached hydrogens (tertiary/aromatic N) is 1. The van der Waals surface area contributed by atoms with Crippen molar-refractivity contribution in [3.63, 3.8) is 0 Å². The van der Waals surface area contributed by atoms with E-state index in [-0.39, 0.29) is 9.99 Å². The van der Waals surface area contributed by atoms with Crippen molar-refractivity contribution in [3.8, 4) is 0 Å².